The molecule has 2 aromatic rings. The lowest BCUT2D eigenvalue weighted by Gasteiger charge is -2.31. The molecule has 0 unspecified atom stereocenters. The Morgan fingerprint density at radius 2 is 1.75 bits per heavy atom. The zero-order valence-corrected chi connectivity index (χ0v) is 17.9. The van der Waals surface area contributed by atoms with Crippen molar-refractivity contribution in [3.05, 3.63) is 50.3 Å². The number of aliphatic carboxylic acids is 1. The van der Waals surface area contributed by atoms with Crippen LogP contribution in [0, 0.1) is 0 Å². The molecule has 1 aliphatic heterocycles. The fourth-order valence-corrected chi connectivity index (χ4v) is 3.26. The molecule has 11 nitrogen and oxygen atoms in total. The largest absolute Gasteiger partial charge is 0.488 e. The first-order valence-corrected chi connectivity index (χ1v) is 10.2. The van der Waals surface area contributed by atoms with Gasteiger partial charge in [0, 0.05) is 32.6 Å². The van der Waals surface area contributed by atoms with Crippen LogP contribution in [0.1, 0.15) is 12.5 Å². The van der Waals surface area contributed by atoms with Crippen molar-refractivity contribution in [1.82, 2.24) is 15.3 Å². The van der Waals surface area contributed by atoms with Crippen molar-refractivity contribution in [3.8, 4) is 11.5 Å². The lowest BCUT2D eigenvalue weighted by Crippen LogP contribution is -2.53. The van der Waals surface area contributed by atoms with Crippen molar-refractivity contribution in [2.75, 3.05) is 45.2 Å². The summed E-state index contributed by atoms with van der Waals surface area (Å²) in [6.07, 6.45) is -0.566. The molecule has 1 amide bonds. The molecule has 1 aliphatic rings. The molecule has 2 aromatic carbocycles. The van der Waals surface area contributed by atoms with E-state index >= 15 is 0 Å². The van der Waals surface area contributed by atoms with Gasteiger partial charge in [-0.15, -0.1) is 0 Å². The first kappa shape index (κ1) is 23.2. The number of ether oxygens (including phenoxy) is 2. The number of hydrogen-bond donors (Lipinski definition) is 3. The summed E-state index contributed by atoms with van der Waals surface area (Å²) in [5.41, 5.74) is 1.63. The van der Waals surface area contributed by atoms with Gasteiger partial charge in [-0.05, 0) is 31.7 Å². The number of anilines is 1. The lowest BCUT2D eigenvalue weighted by atomic mass is 10.0. The molecule has 1 fully saturated rings. The zero-order chi connectivity index (χ0) is 23.3. The fourth-order valence-electron chi connectivity index (χ4n) is 3.26. The highest BCUT2D eigenvalue weighted by Gasteiger charge is 2.27. The van der Waals surface area contributed by atoms with Crippen LogP contribution in [0.25, 0.3) is 0 Å². The van der Waals surface area contributed by atoms with E-state index in [1.54, 1.807) is 36.2 Å². The van der Waals surface area contributed by atoms with Gasteiger partial charge in [0.15, 0.2) is 5.75 Å². The highest BCUT2D eigenvalue weighted by atomic mass is 16.6. The maximum absolute atomic E-state index is 12.1. The number of carbonyl (C=O) groups is 2. The minimum Gasteiger partial charge on any atom is -0.488 e. The average Bonchev–Trinajstić information content (AvgIpc) is 2.77. The molecular weight excluding hydrogens is 420 g/mol. The maximum Gasteiger partial charge on any atom is 0.427 e. The van der Waals surface area contributed by atoms with Crippen LogP contribution >= 0.6 is 0 Å². The highest BCUT2D eigenvalue weighted by Crippen LogP contribution is 2.20. The Morgan fingerprint density at radius 1 is 1.09 bits per heavy atom. The second-order valence-electron chi connectivity index (χ2n) is 7.47. The van der Waals surface area contributed by atoms with Crippen molar-refractivity contribution < 1.29 is 24.2 Å². The number of nitrogens with one attached hydrogen (secondary N) is 2. The quantitative estimate of drug-likeness (QED) is 0.453. The van der Waals surface area contributed by atoms with Crippen LogP contribution in [-0.4, -0.2) is 73.0 Å². The van der Waals surface area contributed by atoms with E-state index in [1.165, 1.54) is 0 Å². The Bertz CT molecular complexity index is 1020. The first-order chi connectivity index (χ1) is 15.3. The molecule has 1 heterocycles. The van der Waals surface area contributed by atoms with Gasteiger partial charge in [0.25, 0.3) is 10.9 Å². The summed E-state index contributed by atoms with van der Waals surface area (Å²) in [5, 5.41) is 13.9. The number of piperazine rings is 1. The Balaban J connectivity index is 1.57. The molecule has 1 saturated heterocycles. The summed E-state index contributed by atoms with van der Waals surface area (Å²) in [4.78, 5) is 49.2. The van der Waals surface area contributed by atoms with E-state index in [1.807, 2.05) is 7.05 Å². The van der Waals surface area contributed by atoms with Gasteiger partial charge in [0.2, 0.25) is 0 Å². The van der Waals surface area contributed by atoms with E-state index in [9.17, 15) is 24.3 Å². The lowest BCUT2D eigenvalue weighted by molar-refractivity contribution is -0.137. The molecule has 172 valence electrons. The number of hydrogen-bond acceptors (Lipinski definition) is 9. The van der Waals surface area contributed by atoms with E-state index in [4.69, 9.17) is 9.47 Å². The van der Waals surface area contributed by atoms with Crippen molar-refractivity contribution in [2.24, 2.45) is 0 Å². The molecule has 0 saturated carbocycles. The fraction of sp³-hybridized carbons (Fsp3) is 0.429. The maximum atomic E-state index is 12.1. The van der Waals surface area contributed by atoms with Gasteiger partial charge >= 0.3 is 12.1 Å². The van der Waals surface area contributed by atoms with Gasteiger partial charge in [-0.3, -0.25) is 15.0 Å². The summed E-state index contributed by atoms with van der Waals surface area (Å²) in [6.45, 7) is 4.92. The van der Waals surface area contributed by atoms with Gasteiger partial charge in [-0.1, -0.05) is 12.1 Å². The summed E-state index contributed by atoms with van der Waals surface area (Å²) in [6, 6.07) is 5.22. The Kier molecular flexibility index (Phi) is 7.44. The molecule has 11 heteroatoms. The number of hydrazine groups is 1. The van der Waals surface area contributed by atoms with Crippen LogP contribution in [0.2, 0.25) is 0 Å². The topological polar surface area (TPSA) is 138 Å². The van der Waals surface area contributed by atoms with Crippen molar-refractivity contribution >= 4 is 17.7 Å². The molecule has 0 bridgehead atoms. The number of benzene rings is 1. The van der Waals surface area contributed by atoms with Crippen molar-refractivity contribution in [2.45, 2.75) is 19.4 Å². The molecule has 1 atom stereocenters. The molecule has 0 spiro atoms. The van der Waals surface area contributed by atoms with Gasteiger partial charge in [-0.25, -0.2) is 14.6 Å². The average molecular weight is 446 g/mol. The predicted molar refractivity (Wildman–Crippen MR) is 116 cm³/mol. The van der Waals surface area contributed by atoms with Crippen LogP contribution in [0.5, 0.6) is 11.5 Å². The standard InChI is InChI=1S/C21H26N4O7/c1-3-31-19-16(17(26)18(19)27)22-15(20(28)29)12-13-4-6-14(7-5-13)32-21(30)23-25-10-8-24(2)9-11-25/h4-7,15,22H,3,8-12H2,1-2H3,(H,23,30)(H,28,29)/t15-/m0/s1. The van der Waals surface area contributed by atoms with E-state index in [0.29, 0.717) is 24.4 Å². The molecule has 0 aromatic heterocycles. The number of amides is 1. The van der Waals surface area contributed by atoms with Gasteiger partial charge in [-0.2, -0.15) is 0 Å². The summed E-state index contributed by atoms with van der Waals surface area (Å²) in [7, 11) is 2.01. The molecule has 0 radical (unpaired) electrons. The molecule has 3 rings (SSSR count). The highest BCUT2D eigenvalue weighted by molar-refractivity contribution is 5.79. The third-order valence-electron chi connectivity index (χ3n) is 5.10. The minimum absolute atomic E-state index is 0.0352. The Morgan fingerprint density at radius 3 is 2.34 bits per heavy atom. The van der Waals surface area contributed by atoms with Crippen LogP contribution in [0.4, 0.5) is 10.5 Å². The zero-order valence-electron chi connectivity index (χ0n) is 17.9. The normalized spacial score (nSPS) is 15.8. The third kappa shape index (κ3) is 5.62. The van der Waals surface area contributed by atoms with Crippen LogP contribution in [0.15, 0.2) is 33.9 Å². The van der Waals surface area contributed by atoms with Gasteiger partial charge < -0.3 is 24.8 Å². The van der Waals surface area contributed by atoms with Crippen LogP contribution in [0.3, 0.4) is 0 Å². The summed E-state index contributed by atoms with van der Waals surface area (Å²) in [5.74, 6) is -1.02. The van der Waals surface area contributed by atoms with Gasteiger partial charge in [0.05, 0.1) is 6.61 Å². The van der Waals surface area contributed by atoms with Crippen LogP contribution < -0.4 is 31.1 Å². The molecule has 32 heavy (non-hydrogen) atoms. The second-order valence-corrected chi connectivity index (χ2v) is 7.47. The molecular formula is C21H26N4O7. The smallest absolute Gasteiger partial charge is 0.427 e. The van der Waals surface area contributed by atoms with Crippen molar-refractivity contribution in [3.63, 3.8) is 0 Å². The number of nitrogens with zero attached hydrogens (tertiary/aromatic N) is 2. The first-order valence-electron chi connectivity index (χ1n) is 10.2. The monoisotopic (exact) mass is 446 g/mol. The summed E-state index contributed by atoms with van der Waals surface area (Å²) < 4.78 is 10.4. The minimum atomic E-state index is -1.19. The predicted octanol–water partition coefficient (Wildman–Crippen LogP) is 0.0399. The summed E-state index contributed by atoms with van der Waals surface area (Å²) >= 11 is 0. The number of rotatable bonds is 9. The number of carboxylic acid groups (broad SMARTS) is 1. The van der Waals surface area contributed by atoms with Crippen molar-refractivity contribution in [1.29, 1.82) is 0 Å². The van der Waals surface area contributed by atoms with E-state index in [-0.39, 0.29) is 24.5 Å². The number of carbonyl (C=O) groups excluding carboxylic acids is 1. The second kappa shape index (κ2) is 10.2. The van der Waals surface area contributed by atoms with E-state index < -0.39 is 29.0 Å². The van der Waals surface area contributed by atoms with Crippen LogP contribution in [-0.2, 0) is 11.2 Å². The Hall–Kier alpha value is -3.44. The molecule has 0 aliphatic carbocycles. The van der Waals surface area contributed by atoms with Gasteiger partial charge in [0.1, 0.15) is 17.5 Å². The van der Waals surface area contributed by atoms with E-state index in [0.717, 1.165) is 13.1 Å². The number of carboxylic acids is 1. The molecule has 3 N–H and O–H groups in total. The van der Waals surface area contributed by atoms with E-state index in [2.05, 4.69) is 15.6 Å². The number of likely N-dealkylation sites (N-methyl/N-ethyl adjacent to an activating group) is 1. The SMILES string of the molecule is CCOc1c(N[C@@H](Cc2ccc(OC(=O)NN3CCN(C)CC3)cc2)C(=O)O)c(=O)c1=O. The third-order valence-corrected chi connectivity index (χ3v) is 5.10. The Labute approximate surface area is 184 Å².